The summed E-state index contributed by atoms with van der Waals surface area (Å²) in [7, 11) is 0. The minimum absolute atomic E-state index is 0.0341. The van der Waals surface area contributed by atoms with Crippen molar-refractivity contribution < 1.29 is 4.79 Å². The maximum atomic E-state index is 12.3. The number of amides is 1. The lowest BCUT2D eigenvalue weighted by Crippen LogP contribution is -2.20. The normalized spacial score (nSPS) is 19.0. The standard InChI is InChI=1S/C21H18ClN3O/c1-13-8-14(9-16-5-3-7-23-20(13)16)12-24-25-21(26)19-11-18(19)15-4-2-6-17(22)10-15/h2-10,12,18-19H,11H2,1H3,(H,25,26)/b24-12+. The molecule has 1 N–H and O–H groups in total. The molecule has 0 spiro atoms. The largest absolute Gasteiger partial charge is 0.273 e. The molecule has 2 aromatic carbocycles. The molecule has 1 aromatic heterocycles. The Morgan fingerprint density at radius 3 is 3.00 bits per heavy atom. The maximum Gasteiger partial charge on any atom is 0.243 e. The van der Waals surface area contributed by atoms with Crippen LogP contribution in [0, 0.1) is 12.8 Å². The van der Waals surface area contributed by atoms with Crippen LogP contribution in [0.2, 0.25) is 5.02 Å². The molecule has 26 heavy (non-hydrogen) atoms. The number of nitrogens with one attached hydrogen (secondary N) is 1. The third-order valence-electron chi connectivity index (χ3n) is 4.71. The number of hydrazone groups is 1. The molecular weight excluding hydrogens is 346 g/mol. The molecular formula is C21H18ClN3O. The number of aromatic nitrogens is 1. The number of hydrogen-bond donors (Lipinski definition) is 1. The lowest BCUT2D eigenvalue weighted by Gasteiger charge is -2.03. The van der Waals surface area contributed by atoms with E-state index in [0.29, 0.717) is 5.02 Å². The topological polar surface area (TPSA) is 54.4 Å². The molecule has 0 radical (unpaired) electrons. The minimum atomic E-state index is -0.0506. The molecule has 130 valence electrons. The lowest BCUT2D eigenvalue weighted by molar-refractivity contribution is -0.122. The highest BCUT2D eigenvalue weighted by atomic mass is 35.5. The fourth-order valence-corrected chi connectivity index (χ4v) is 3.52. The summed E-state index contributed by atoms with van der Waals surface area (Å²) in [6.45, 7) is 2.02. The van der Waals surface area contributed by atoms with Crippen LogP contribution in [0.5, 0.6) is 0 Å². The van der Waals surface area contributed by atoms with Crippen molar-refractivity contribution in [1.82, 2.24) is 10.4 Å². The number of fused-ring (bicyclic) bond motifs is 1. The molecule has 1 heterocycles. The van der Waals surface area contributed by atoms with E-state index in [1.165, 1.54) is 0 Å². The van der Waals surface area contributed by atoms with Crippen molar-refractivity contribution in [3.8, 4) is 0 Å². The first-order valence-corrected chi connectivity index (χ1v) is 8.93. The van der Waals surface area contributed by atoms with E-state index in [9.17, 15) is 4.79 Å². The van der Waals surface area contributed by atoms with Gasteiger partial charge in [-0.05, 0) is 66.3 Å². The van der Waals surface area contributed by atoms with Gasteiger partial charge in [0, 0.05) is 22.5 Å². The third kappa shape index (κ3) is 3.46. The second-order valence-electron chi connectivity index (χ2n) is 6.65. The Labute approximate surface area is 156 Å². The molecule has 3 aromatic rings. The number of hydrogen-bond acceptors (Lipinski definition) is 3. The van der Waals surface area contributed by atoms with Crippen LogP contribution in [0.25, 0.3) is 10.9 Å². The van der Waals surface area contributed by atoms with Crippen LogP contribution in [0.3, 0.4) is 0 Å². The molecule has 2 unspecified atom stereocenters. The maximum absolute atomic E-state index is 12.3. The van der Waals surface area contributed by atoms with E-state index in [4.69, 9.17) is 11.6 Å². The predicted molar refractivity (Wildman–Crippen MR) is 105 cm³/mol. The van der Waals surface area contributed by atoms with Gasteiger partial charge in [0.1, 0.15) is 0 Å². The first kappa shape index (κ1) is 16.7. The molecule has 1 amide bonds. The van der Waals surface area contributed by atoms with Crippen LogP contribution in [-0.4, -0.2) is 17.1 Å². The van der Waals surface area contributed by atoms with Gasteiger partial charge < -0.3 is 0 Å². The molecule has 0 aliphatic heterocycles. The van der Waals surface area contributed by atoms with E-state index in [0.717, 1.165) is 34.0 Å². The highest BCUT2D eigenvalue weighted by molar-refractivity contribution is 6.30. The number of carbonyl (C=O) groups excluding carboxylic acids is 1. The van der Waals surface area contributed by atoms with Gasteiger partial charge in [-0.3, -0.25) is 9.78 Å². The van der Waals surface area contributed by atoms with Crippen molar-refractivity contribution in [2.75, 3.05) is 0 Å². The van der Waals surface area contributed by atoms with Gasteiger partial charge >= 0.3 is 0 Å². The molecule has 0 saturated heterocycles. The van der Waals surface area contributed by atoms with Crippen molar-refractivity contribution >= 4 is 34.6 Å². The number of rotatable bonds is 4. The third-order valence-corrected chi connectivity index (χ3v) is 4.95. The molecule has 1 fully saturated rings. The van der Waals surface area contributed by atoms with Gasteiger partial charge in [0.05, 0.1) is 11.7 Å². The lowest BCUT2D eigenvalue weighted by atomic mass is 10.1. The molecule has 1 aliphatic carbocycles. The Hall–Kier alpha value is -2.72. The second-order valence-corrected chi connectivity index (χ2v) is 7.09. The SMILES string of the molecule is Cc1cc(/C=N/NC(=O)C2CC2c2cccc(Cl)c2)cc2cccnc12. The van der Waals surface area contributed by atoms with Gasteiger partial charge in [0.2, 0.25) is 5.91 Å². The van der Waals surface area contributed by atoms with Crippen molar-refractivity contribution in [3.63, 3.8) is 0 Å². The van der Waals surface area contributed by atoms with Crippen molar-refractivity contribution in [1.29, 1.82) is 0 Å². The molecule has 1 aliphatic rings. The quantitative estimate of drug-likeness (QED) is 0.550. The van der Waals surface area contributed by atoms with Gasteiger partial charge in [0.15, 0.2) is 0 Å². The van der Waals surface area contributed by atoms with E-state index in [1.54, 1.807) is 12.4 Å². The zero-order valence-electron chi connectivity index (χ0n) is 14.3. The van der Waals surface area contributed by atoms with Gasteiger partial charge in [-0.1, -0.05) is 29.8 Å². The van der Waals surface area contributed by atoms with Gasteiger partial charge in [-0.25, -0.2) is 5.43 Å². The molecule has 2 atom stereocenters. The number of carbonyl (C=O) groups is 1. The Bertz CT molecular complexity index is 1020. The summed E-state index contributed by atoms with van der Waals surface area (Å²) in [6.07, 6.45) is 4.30. The molecule has 5 heteroatoms. The average Bonchev–Trinajstić information content (AvgIpc) is 3.43. The van der Waals surface area contributed by atoms with Crippen molar-refractivity contribution in [3.05, 3.63) is 76.4 Å². The highest BCUT2D eigenvalue weighted by Crippen LogP contribution is 2.47. The predicted octanol–water partition coefficient (Wildman–Crippen LogP) is 4.45. The number of pyridine rings is 1. The fourth-order valence-electron chi connectivity index (χ4n) is 3.32. The van der Waals surface area contributed by atoms with E-state index in [2.05, 4.69) is 15.5 Å². The van der Waals surface area contributed by atoms with E-state index < -0.39 is 0 Å². The van der Waals surface area contributed by atoms with E-state index >= 15 is 0 Å². The first-order valence-electron chi connectivity index (χ1n) is 8.55. The van der Waals surface area contributed by atoms with Crippen LogP contribution < -0.4 is 5.43 Å². The zero-order chi connectivity index (χ0) is 18.1. The smallest absolute Gasteiger partial charge is 0.243 e. The number of halogens is 1. The van der Waals surface area contributed by atoms with Gasteiger partial charge in [-0.15, -0.1) is 0 Å². The summed E-state index contributed by atoms with van der Waals surface area (Å²) in [4.78, 5) is 16.7. The molecule has 4 nitrogen and oxygen atoms in total. The highest BCUT2D eigenvalue weighted by Gasteiger charge is 2.43. The Morgan fingerprint density at radius 2 is 2.15 bits per heavy atom. The van der Waals surface area contributed by atoms with E-state index in [-0.39, 0.29) is 17.7 Å². The van der Waals surface area contributed by atoms with Crippen LogP contribution in [0.4, 0.5) is 0 Å². The van der Waals surface area contributed by atoms with Gasteiger partial charge in [0.25, 0.3) is 0 Å². The van der Waals surface area contributed by atoms with E-state index in [1.807, 2.05) is 55.5 Å². The monoisotopic (exact) mass is 363 g/mol. The summed E-state index contributed by atoms with van der Waals surface area (Å²) in [5, 5.41) is 5.89. The number of benzene rings is 2. The minimum Gasteiger partial charge on any atom is -0.273 e. The molecule has 4 rings (SSSR count). The summed E-state index contributed by atoms with van der Waals surface area (Å²) in [5.41, 5.74) is 6.77. The van der Waals surface area contributed by atoms with Gasteiger partial charge in [-0.2, -0.15) is 5.10 Å². The van der Waals surface area contributed by atoms with Crippen LogP contribution in [-0.2, 0) is 4.79 Å². The van der Waals surface area contributed by atoms with Crippen LogP contribution in [0.1, 0.15) is 29.0 Å². The summed E-state index contributed by atoms with van der Waals surface area (Å²) < 4.78 is 0. The van der Waals surface area contributed by atoms with Crippen LogP contribution >= 0.6 is 11.6 Å². The van der Waals surface area contributed by atoms with Crippen LogP contribution in [0.15, 0.2) is 59.8 Å². The fraction of sp³-hybridized carbons (Fsp3) is 0.190. The van der Waals surface area contributed by atoms with Crippen molar-refractivity contribution in [2.24, 2.45) is 11.0 Å². The Morgan fingerprint density at radius 1 is 1.27 bits per heavy atom. The Balaban J connectivity index is 1.41. The summed E-state index contributed by atoms with van der Waals surface area (Å²) in [5.74, 6) is 0.149. The number of aryl methyl sites for hydroxylation is 1. The molecule has 1 saturated carbocycles. The summed E-state index contributed by atoms with van der Waals surface area (Å²) >= 11 is 6.02. The Kier molecular flexibility index (Phi) is 4.43. The molecule has 0 bridgehead atoms. The average molecular weight is 364 g/mol. The van der Waals surface area contributed by atoms with Crippen molar-refractivity contribution in [2.45, 2.75) is 19.3 Å². The summed E-state index contributed by atoms with van der Waals surface area (Å²) in [6, 6.07) is 15.6. The zero-order valence-corrected chi connectivity index (χ0v) is 15.1. The number of nitrogens with zero attached hydrogens (tertiary/aromatic N) is 2. The first-order chi connectivity index (χ1) is 12.6. The second kappa shape index (κ2) is 6.89.